The molecule has 0 radical (unpaired) electrons. The lowest BCUT2D eigenvalue weighted by molar-refractivity contribution is -0.115. The predicted octanol–water partition coefficient (Wildman–Crippen LogP) is 3.47. The van der Waals surface area contributed by atoms with E-state index in [1.54, 1.807) is 11.0 Å². The Bertz CT molecular complexity index is 783. The highest BCUT2D eigenvalue weighted by Gasteiger charge is 2.31. The Morgan fingerprint density at radius 3 is 2.79 bits per heavy atom. The molecule has 3 rings (SSSR count). The summed E-state index contributed by atoms with van der Waals surface area (Å²) in [7, 11) is 0. The third-order valence-electron chi connectivity index (χ3n) is 5.03. The molecule has 0 bridgehead atoms. The number of rotatable bonds is 9. The van der Waals surface area contributed by atoms with Gasteiger partial charge in [-0.15, -0.1) is 0 Å². The molecule has 2 heterocycles. The van der Waals surface area contributed by atoms with Gasteiger partial charge < -0.3 is 19.5 Å². The van der Waals surface area contributed by atoms with Crippen molar-refractivity contribution in [1.82, 2.24) is 20.3 Å². The fourth-order valence-electron chi connectivity index (χ4n) is 3.67. The minimum absolute atomic E-state index is 0.0866. The van der Waals surface area contributed by atoms with Gasteiger partial charge in [0.15, 0.2) is 5.82 Å². The average molecular weight is 403 g/mol. The van der Waals surface area contributed by atoms with Gasteiger partial charge in [-0.1, -0.05) is 19.0 Å². The third-order valence-corrected chi connectivity index (χ3v) is 5.03. The van der Waals surface area contributed by atoms with Crippen LogP contribution in [0.3, 0.4) is 0 Å². The van der Waals surface area contributed by atoms with Gasteiger partial charge in [-0.25, -0.2) is 4.79 Å². The van der Waals surface area contributed by atoms with Crippen LogP contribution in [0.5, 0.6) is 0 Å². The number of carbonyl (C=O) groups is 2. The highest BCUT2D eigenvalue weighted by atomic mass is 16.6. The maximum absolute atomic E-state index is 12.4. The summed E-state index contributed by atoms with van der Waals surface area (Å²) in [6.07, 6.45) is 5.63. The van der Waals surface area contributed by atoms with E-state index in [-0.39, 0.29) is 30.4 Å². The quantitative estimate of drug-likeness (QED) is 0.663. The number of H-pyrrole nitrogens is 1. The molecular formula is C20H29N5O4. The lowest BCUT2D eigenvalue weighted by atomic mass is 10.0. The second-order valence-corrected chi connectivity index (χ2v) is 7.42. The maximum atomic E-state index is 12.4. The molecule has 2 amide bonds. The van der Waals surface area contributed by atoms with E-state index in [1.165, 1.54) is 6.20 Å². The monoisotopic (exact) mass is 403 g/mol. The summed E-state index contributed by atoms with van der Waals surface area (Å²) in [6.45, 7) is 5.56. The van der Waals surface area contributed by atoms with E-state index in [2.05, 4.69) is 34.5 Å². The van der Waals surface area contributed by atoms with Gasteiger partial charge in [0.2, 0.25) is 5.91 Å². The van der Waals surface area contributed by atoms with Crippen LogP contribution in [-0.2, 0) is 16.0 Å². The Morgan fingerprint density at radius 1 is 1.31 bits per heavy atom. The molecule has 1 saturated carbocycles. The van der Waals surface area contributed by atoms with Gasteiger partial charge in [0.25, 0.3) is 0 Å². The van der Waals surface area contributed by atoms with Crippen molar-refractivity contribution in [3.05, 3.63) is 29.8 Å². The first-order valence-electron chi connectivity index (χ1n) is 10.3. The standard InChI is InChI=1S/C20H29N5O4/c1-3-9-25(10-4-2)20(27)28-15-6-5-14(11-15)17-13-18(24-23-17)22-19(26)12-16-7-8-21-29-16/h7-8,13-15H,3-6,9-12H2,1-2H3,(H2,22,23,24,26)/t14-,15?/m0/s1. The Balaban J connectivity index is 1.48. The maximum Gasteiger partial charge on any atom is 0.410 e. The summed E-state index contributed by atoms with van der Waals surface area (Å²) in [5, 5.41) is 13.5. The van der Waals surface area contributed by atoms with Crippen molar-refractivity contribution < 1.29 is 18.8 Å². The van der Waals surface area contributed by atoms with E-state index >= 15 is 0 Å². The normalized spacial score (nSPS) is 18.6. The summed E-state index contributed by atoms with van der Waals surface area (Å²) in [5.74, 6) is 0.983. The molecule has 1 fully saturated rings. The van der Waals surface area contributed by atoms with Gasteiger partial charge in [0.1, 0.15) is 11.9 Å². The molecule has 2 N–H and O–H groups in total. The molecule has 9 nitrogen and oxygen atoms in total. The first-order valence-corrected chi connectivity index (χ1v) is 10.3. The molecule has 0 aliphatic heterocycles. The number of ether oxygens (including phenoxy) is 1. The van der Waals surface area contributed by atoms with Crippen molar-refractivity contribution in [2.75, 3.05) is 18.4 Å². The number of nitrogens with zero attached hydrogens (tertiary/aromatic N) is 3. The summed E-state index contributed by atoms with van der Waals surface area (Å²) in [6, 6.07) is 3.49. The molecular weight excluding hydrogens is 374 g/mol. The molecule has 2 atom stereocenters. The Labute approximate surface area is 170 Å². The molecule has 2 aromatic heterocycles. The summed E-state index contributed by atoms with van der Waals surface area (Å²) < 4.78 is 10.7. The van der Waals surface area contributed by atoms with Gasteiger partial charge in [-0.05, 0) is 32.1 Å². The summed E-state index contributed by atoms with van der Waals surface area (Å²) >= 11 is 0. The summed E-state index contributed by atoms with van der Waals surface area (Å²) in [4.78, 5) is 26.2. The van der Waals surface area contributed by atoms with Gasteiger partial charge >= 0.3 is 6.09 Å². The minimum Gasteiger partial charge on any atom is -0.446 e. The van der Waals surface area contributed by atoms with Crippen LogP contribution in [0.25, 0.3) is 0 Å². The van der Waals surface area contributed by atoms with E-state index in [0.717, 1.165) is 50.9 Å². The zero-order chi connectivity index (χ0) is 20.6. The highest BCUT2D eigenvalue weighted by molar-refractivity contribution is 5.91. The molecule has 158 valence electrons. The molecule has 1 unspecified atom stereocenters. The van der Waals surface area contributed by atoms with Crippen molar-refractivity contribution in [3.63, 3.8) is 0 Å². The number of carbonyl (C=O) groups excluding carboxylic acids is 2. The number of hydrogen-bond acceptors (Lipinski definition) is 6. The zero-order valence-electron chi connectivity index (χ0n) is 17.0. The van der Waals surface area contributed by atoms with Crippen molar-refractivity contribution in [2.24, 2.45) is 0 Å². The van der Waals surface area contributed by atoms with E-state index in [0.29, 0.717) is 11.6 Å². The molecule has 9 heteroatoms. The van der Waals surface area contributed by atoms with Gasteiger partial charge in [0.05, 0.1) is 12.6 Å². The lowest BCUT2D eigenvalue weighted by Crippen LogP contribution is -2.35. The van der Waals surface area contributed by atoms with Crippen LogP contribution < -0.4 is 5.32 Å². The van der Waals surface area contributed by atoms with E-state index in [9.17, 15) is 9.59 Å². The fourth-order valence-corrected chi connectivity index (χ4v) is 3.67. The second kappa shape index (κ2) is 10.1. The van der Waals surface area contributed by atoms with Crippen LogP contribution in [0.1, 0.15) is 63.3 Å². The van der Waals surface area contributed by atoms with E-state index in [1.807, 2.05) is 6.07 Å². The molecule has 29 heavy (non-hydrogen) atoms. The Hall–Kier alpha value is -2.84. The minimum atomic E-state index is -0.218. The van der Waals surface area contributed by atoms with Gasteiger partial charge in [-0.2, -0.15) is 5.10 Å². The number of aromatic nitrogens is 3. The molecule has 0 aromatic carbocycles. The first-order chi connectivity index (χ1) is 14.1. The molecule has 0 spiro atoms. The van der Waals surface area contributed by atoms with Crippen LogP contribution in [0.4, 0.5) is 10.6 Å². The number of hydrogen-bond donors (Lipinski definition) is 2. The van der Waals surface area contributed by atoms with Crippen molar-refractivity contribution in [3.8, 4) is 0 Å². The van der Waals surface area contributed by atoms with Gasteiger partial charge in [0, 0.05) is 36.8 Å². The van der Waals surface area contributed by atoms with Crippen LogP contribution in [-0.4, -0.2) is 51.4 Å². The van der Waals surface area contributed by atoms with Crippen molar-refractivity contribution in [2.45, 2.75) is 64.4 Å². The average Bonchev–Trinajstić information content (AvgIpc) is 3.43. The van der Waals surface area contributed by atoms with Crippen LogP contribution in [0.15, 0.2) is 22.9 Å². The highest BCUT2D eigenvalue weighted by Crippen LogP contribution is 2.36. The zero-order valence-corrected chi connectivity index (χ0v) is 17.0. The smallest absolute Gasteiger partial charge is 0.410 e. The summed E-state index contributed by atoms with van der Waals surface area (Å²) in [5.41, 5.74) is 0.942. The third kappa shape index (κ3) is 5.82. The number of amides is 2. The lowest BCUT2D eigenvalue weighted by Gasteiger charge is -2.23. The number of nitrogens with one attached hydrogen (secondary N) is 2. The van der Waals surface area contributed by atoms with Crippen LogP contribution in [0, 0.1) is 0 Å². The van der Waals surface area contributed by atoms with Gasteiger partial charge in [-0.3, -0.25) is 9.89 Å². The molecule has 0 saturated heterocycles. The number of anilines is 1. The van der Waals surface area contributed by atoms with Crippen LogP contribution >= 0.6 is 0 Å². The second-order valence-electron chi connectivity index (χ2n) is 7.42. The number of aromatic amines is 1. The van der Waals surface area contributed by atoms with Crippen molar-refractivity contribution >= 4 is 17.8 Å². The largest absolute Gasteiger partial charge is 0.446 e. The van der Waals surface area contributed by atoms with Crippen LogP contribution in [0.2, 0.25) is 0 Å². The van der Waals surface area contributed by atoms with Crippen molar-refractivity contribution in [1.29, 1.82) is 0 Å². The Morgan fingerprint density at radius 2 is 2.10 bits per heavy atom. The predicted molar refractivity (Wildman–Crippen MR) is 106 cm³/mol. The topological polar surface area (TPSA) is 113 Å². The fraction of sp³-hybridized carbons (Fsp3) is 0.600. The first kappa shape index (κ1) is 20.9. The molecule has 2 aromatic rings. The Kier molecular flexibility index (Phi) is 7.26. The SMILES string of the molecule is CCCN(CCC)C(=O)OC1CC[C@H](c2cc(NC(=O)Cc3ccno3)n[nH]2)C1. The van der Waals surface area contributed by atoms with E-state index in [4.69, 9.17) is 9.26 Å². The molecule has 1 aliphatic rings. The molecule has 1 aliphatic carbocycles. The van der Waals surface area contributed by atoms with E-state index < -0.39 is 0 Å².